The predicted octanol–water partition coefficient (Wildman–Crippen LogP) is 4.62. The van der Waals surface area contributed by atoms with Crippen molar-refractivity contribution in [2.75, 3.05) is 5.43 Å². The molecule has 2 aromatic rings. The Morgan fingerprint density at radius 3 is 2.53 bits per heavy atom. The first-order chi connectivity index (χ1) is 9.11. The molecule has 0 saturated carbocycles. The highest BCUT2D eigenvalue weighted by Gasteiger charge is 2.10. The third-order valence-corrected chi connectivity index (χ3v) is 4.45. The summed E-state index contributed by atoms with van der Waals surface area (Å²) in [5.41, 5.74) is 3.45. The van der Waals surface area contributed by atoms with Crippen LogP contribution in [0.5, 0.6) is 0 Å². The number of anilines is 1. The van der Waals surface area contributed by atoms with Gasteiger partial charge < -0.3 is 5.43 Å². The zero-order chi connectivity index (χ0) is 13.8. The SMILES string of the molecule is NNc1nc(SCc2ccccc2Cl)c(Cl)cc1Cl. The lowest BCUT2D eigenvalue weighted by Gasteiger charge is -2.08. The second-order valence-corrected chi connectivity index (χ2v) is 5.82. The third-order valence-electron chi connectivity index (χ3n) is 2.36. The molecule has 3 N–H and O–H groups in total. The quantitative estimate of drug-likeness (QED) is 0.486. The maximum Gasteiger partial charge on any atom is 0.160 e. The Morgan fingerprint density at radius 1 is 1.11 bits per heavy atom. The Labute approximate surface area is 130 Å². The van der Waals surface area contributed by atoms with Gasteiger partial charge in [-0.3, -0.25) is 0 Å². The molecule has 0 bridgehead atoms. The van der Waals surface area contributed by atoms with E-state index in [0.29, 0.717) is 26.6 Å². The van der Waals surface area contributed by atoms with Crippen LogP contribution in [0.25, 0.3) is 0 Å². The van der Waals surface area contributed by atoms with Gasteiger partial charge in [-0.1, -0.05) is 53.0 Å². The topological polar surface area (TPSA) is 50.9 Å². The molecule has 19 heavy (non-hydrogen) atoms. The Hall–Kier alpha value is -0.650. The molecule has 0 radical (unpaired) electrons. The number of nitrogens with two attached hydrogens (primary N) is 1. The summed E-state index contributed by atoms with van der Waals surface area (Å²) >= 11 is 19.6. The van der Waals surface area contributed by atoms with Crippen LogP contribution >= 0.6 is 46.6 Å². The monoisotopic (exact) mass is 333 g/mol. The van der Waals surface area contributed by atoms with E-state index >= 15 is 0 Å². The van der Waals surface area contributed by atoms with Gasteiger partial charge in [0.1, 0.15) is 5.03 Å². The smallest absolute Gasteiger partial charge is 0.160 e. The first-order valence-corrected chi connectivity index (χ1v) is 7.42. The second kappa shape index (κ2) is 6.68. The highest BCUT2D eigenvalue weighted by Crippen LogP contribution is 2.34. The molecule has 0 fully saturated rings. The summed E-state index contributed by atoms with van der Waals surface area (Å²) in [6, 6.07) is 9.24. The largest absolute Gasteiger partial charge is 0.307 e. The molecule has 0 saturated heterocycles. The number of nitrogens with zero attached hydrogens (tertiary/aromatic N) is 1. The van der Waals surface area contributed by atoms with Gasteiger partial charge in [0.15, 0.2) is 5.82 Å². The van der Waals surface area contributed by atoms with E-state index in [4.69, 9.17) is 40.6 Å². The number of benzene rings is 1. The van der Waals surface area contributed by atoms with Gasteiger partial charge in [0.2, 0.25) is 0 Å². The van der Waals surface area contributed by atoms with E-state index < -0.39 is 0 Å². The fourth-order valence-corrected chi connectivity index (χ4v) is 3.17. The van der Waals surface area contributed by atoms with Gasteiger partial charge in [0.25, 0.3) is 0 Å². The summed E-state index contributed by atoms with van der Waals surface area (Å²) in [4.78, 5) is 4.25. The van der Waals surface area contributed by atoms with Crippen molar-refractivity contribution in [1.82, 2.24) is 4.98 Å². The molecule has 1 aromatic heterocycles. The molecule has 0 aliphatic carbocycles. The van der Waals surface area contributed by atoms with E-state index in [1.807, 2.05) is 24.3 Å². The standard InChI is InChI=1S/C12H10Cl3N3S/c13-8-4-2-1-3-7(8)6-19-12-10(15)5-9(14)11(17-12)18-16/h1-5H,6,16H2,(H,17,18). The Balaban J connectivity index is 2.18. The van der Waals surface area contributed by atoms with E-state index in [2.05, 4.69) is 10.4 Å². The summed E-state index contributed by atoms with van der Waals surface area (Å²) in [6.45, 7) is 0. The van der Waals surface area contributed by atoms with Crippen molar-refractivity contribution in [2.45, 2.75) is 10.8 Å². The first-order valence-electron chi connectivity index (χ1n) is 5.30. The number of hydrogen-bond donors (Lipinski definition) is 2. The number of aromatic nitrogens is 1. The minimum atomic E-state index is 0.384. The molecule has 3 nitrogen and oxygen atoms in total. The van der Waals surface area contributed by atoms with Crippen LogP contribution in [-0.2, 0) is 5.75 Å². The van der Waals surface area contributed by atoms with Crippen molar-refractivity contribution < 1.29 is 0 Å². The Kier molecular flexibility index (Phi) is 5.19. The van der Waals surface area contributed by atoms with Crippen LogP contribution in [0.15, 0.2) is 35.4 Å². The van der Waals surface area contributed by atoms with Crippen LogP contribution in [0.1, 0.15) is 5.56 Å². The molecule has 0 aliphatic rings. The van der Waals surface area contributed by atoms with Crippen molar-refractivity contribution in [2.24, 2.45) is 5.84 Å². The molecular formula is C12H10Cl3N3S. The van der Waals surface area contributed by atoms with E-state index in [1.165, 1.54) is 11.8 Å². The van der Waals surface area contributed by atoms with Crippen LogP contribution < -0.4 is 11.3 Å². The first kappa shape index (κ1) is 14.8. The molecule has 0 unspecified atom stereocenters. The lowest BCUT2D eigenvalue weighted by molar-refractivity contribution is 1.11. The van der Waals surface area contributed by atoms with Crippen molar-refractivity contribution in [3.63, 3.8) is 0 Å². The van der Waals surface area contributed by atoms with Gasteiger partial charge in [-0.2, -0.15) is 0 Å². The highest BCUT2D eigenvalue weighted by atomic mass is 35.5. The normalized spacial score (nSPS) is 10.5. The minimum absolute atomic E-state index is 0.384. The van der Waals surface area contributed by atoms with Crippen LogP contribution in [-0.4, -0.2) is 4.98 Å². The van der Waals surface area contributed by atoms with Gasteiger partial charge in [0, 0.05) is 10.8 Å². The summed E-state index contributed by atoms with van der Waals surface area (Å²) in [5.74, 6) is 6.39. The van der Waals surface area contributed by atoms with Crippen LogP contribution in [0.2, 0.25) is 15.1 Å². The van der Waals surface area contributed by atoms with Gasteiger partial charge in [-0.15, -0.1) is 11.8 Å². The molecule has 7 heteroatoms. The highest BCUT2D eigenvalue weighted by molar-refractivity contribution is 7.98. The number of pyridine rings is 1. The van der Waals surface area contributed by atoms with Crippen LogP contribution in [0.4, 0.5) is 5.82 Å². The molecule has 1 heterocycles. The molecule has 0 aliphatic heterocycles. The molecule has 0 atom stereocenters. The summed E-state index contributed by atoms with van der Waals surface area (Å²) in [5, 5.41) is 2.24. The number of hydrogen-bond acceptors (Lipinski definition) is 4. The minimum Gasteiger partial charge on any atom is -0.307 e. The molecule has 2 rings (SSSR count). The number of hydrazine groups is 1. The summed E-state index contributed by atoms with van der Waals surface area (Å²) in [6.07, 6.45) is 0. The third kappa shape index (κ3) is 3.68. The maximum absolute atomic E-state index is 6.10. The average Bonchev–Trinajstić information content (AvgIpc) is 2.39. The number of nitrogen functional groups attached to an aromatic ring is 1. The fraction of sp³-hybridized carbons (Fsp3) is 0.0833. The van der Waals surface area contributed by atoms with Gasteiger partial charge in [-0.05, 0) is 17.7 Å². The Bertz CT molecular complexity index is 592. The summed E-state index contributed by atoms with van der Waals surface area (Å²) in [7, 11) is 0. The number of halogens is 3. The van der Waals surface area contributed by atoms with Crippen molar-refractivity contribution in [1.29, 1.82) is 0 Å². The zero-order valence-electron chi connectivity index (χ0n) is 9.66. The molecule has 0 spiro atoms. The summed E-state index contributed by atoms with van der Waals surface area (Å²) < 4.78 is 0. The maximum atomic E-state index is 6.10. The van der Waals surface area contributed by atoms with Crippen LogP contribution in [0, 0.1) is 0 Å². The molecule has 1 aromatic carbocycles. The molecule has 0 amide bonds. The van der Waals surface area contributed by atoms with Crippen molar-refractivity contribution >= 4 is 52.4 Å². The Morgan fingerprint density at radius 2 is 1.84 bits per heavy atom. The number of nitrogens with one attached hydrogen (secondary N) is 1. The fourth-order valence-electron chi connectivity index (χ4n) is 1.41. The predicted molar refractivity (Wildman–Crippen MR) is 83.1 cm³/mol. The van der Waals surface area contributed by atoms with Gasteiger partial charge >= 0.3 is 0 Å². The second-order valence-electron chi connectivity index (χ2n) is 3.63. The molecular weight excluding hydrogens is 325 g/mol. The van der Waals surface area contributed by atoms with E-state index in [0.717, 1.165) is 10.6 Å². The van der Waals surface area contributed by atoms with Crippen LogP contribution in [0.3, 0.4) is 0 Å². The van der Waals surface area contributed by atoms with E-state index in [9.17, 15) is 0 Å². The van der Waals surface area contributed by atoms with E-state index in [-0.39, 0.29) is 0 Å². The lowest BCUT2D eigenvalue weighted by Crippen LogP contribution is -2.09. The number of rotatable bonds is 4. The zero-order valence-corrected chi connectivity index (χ0v) is 12.7. The number of thioether (sulfide) groups is 1. The van der Waals surface area contributed by atoms with E-state index in [1.54, 1.807) is 6.07 Å². The molecule has 100 valence electrons. The van der Waals surface area contributed by atoms with Gasteiger partial charge in [-0.25, -0.2) is 10.8 Å². The average molecular weight is 335 g/mol. The van der Waals surface area contributed by atoms with Crippen molar-refractivity contribution in [3.05, 3.63) is 51.0 Å². The van der Waals surface area contributed by atoms with Crippen molar-refractivity contribution in [3.8, 4) is 0 Å². The van der Waals surface area contributed by atoms with Gasteiger partial charge in [0.05, 0.1) is 10.0 Å². The lowest BCUT2D eigenvalue weighted by atomic mass is 10.2.